The molecule has 0 bridgehead atoms. The smallest absolute Gasteiger partial charge is 0.106 e. The lowest BCUT2D eigenvalue weighted by Gasteiger charge is -2.36. The number of imidazole rings is 2. The van der Waals surface area contributed by atoms with Gasteiger partial charge in [-0.25, -0.2) is 9.97 Å². The summed E-state index contributed by atoms with van der Waals surface area (Å²) in [7, 11) is 0. The van der Waals surface area contributed by atoms with Crippen LogP contribution in [0.5, 0.6) is 0 Å². The van der Waals surface area contributed by atoms with E-state index in [1.54, 1.807) is 0 Å². The van der Waals surface area contributed by atoms with Crippen LogP contribution in [0.2, 0.25) is 0 Å². The SMILES string of the molecule is c1c[nH]c(CC2(Cc3ncc[nH]3)CCCCC2)n1. The second-order valence-corrected chi connectivity index (χ2v) is 5.49. The number of hydrogen-bond donors (Lipinski definition) is 2. The van der Waals surface area contributed by atoms with Gasteiger partial charge in [0, 0.05) is 37.6 Å². The van der Waals surface area contributed by atoms with Gasteiger partial charge in [-0.15, -0.1) is 0 Å². The Kier molecular flexibility index (Phi) is 3.17. The van der Waals surface area contributed by atoms with Crippen LogP contribution in [0, 0.1) is 5.41 Å². The van der Waals surface area contributed by atoms with Crippen molar-refractivity contribution in [3.8, 4) is 0 Å². The van der Waals surface area contributed by atoms with Crippen LogP contribution < -0.4 is 0 Å². The largest absolute Gasteiger partial charge is 0.349 e. The number of H-pyrrole nitrogens is 2. The van der Waals surface area contributed by atoms with Crippen molar-refractivity contribution in [2.75, 3.05) is 0 Å². The van der Waals surface area contributed by atoms with Gasteiger partial charge >= 0.3 is 0 Å². The van der Waals surface area contributed by atoms with E-state index in [-0.39, 0.29) is 0 Å². The van der Waals surface area contributed by atoms with E-state index in [1.165, 1.54) is 32.1 Å². The van der Waals surface area contributed by atoms with Crippen molar-refractivity contribution in [1.29, 1.82) is 0 Å². The van der Waals surface area contributed by atoms with Gasteiger partial charge in [0.05, 0.1) is 0 Å². The van der Waals surface area contributed by atoms with Crippen molar-refractivity contribution in [2.45, 2.75) is 44.9 Å². The predicted octanol–water partition coefficient (Wildman–Crippen LogP) is 2.87. The monoisotopic (exact) mass is 244 g/mol. The van der Waals surface area contributed by atoms with E-state index in [2.05, 4.69) is 19.9 Å². The molecule has 18 heavy (non-hydrogen) atoms. The molecule has 0 radical (unpaired) electrons. The molecule has 1 aliphatic carbocycles. The van der Waals surface area contributed by atoms with Crippen LogP contribution in [0.25, 0.3) is 0 Å². The number of nitrogens with one attached hydrogen (secondary N) is 2. The topological polar surface area (TPSA) is 57.4 Å². The van der Waals surface area contributed by atoms with E-state index in [0.717, 1.165) is 24.5 Å². The van der Waals surface area contributed by atoms with Crippen LogP contribution in [0.15, 0.2) is 24.8 Å². The molecule has 0 spiro atoms. The maximum Gasteiger partial charge on any atom is 0.106 e. The summed E-state index contributed by atoms with van der Waals surface area (Å²) in [6.45, 7) is 0. The van der Waals surface area contributed by atoms with Gasteiger partial charge < -0.3 is 9.97 Å². The molecular formula is C14H20N4. The molecule has 2 aromatic rings. The normalized spacial score (nSPS) is 18.9. The highest BCUT2D eigenvalue weighted by molar-refractivity contribution is 5.02. The molecule has 1 saturated carbocycles. The molecule has 1 fully saturated rings. The van der Waals surface area contributed by atoms with Crippen LogP contribution in [-0.4, -0.2) is 19.9 Å². The van der Waals surface area contributed by atoms with E-state index in [0.29, 0.717) is 5.41 Å². The van der Waals surface area contributed by atoms with Gasteiger partial charge in [-0.05, 0) is 18.3 Å². The van der Waals surface area contributed by atoms with Crippen LogP contribution in [0.4, 0.5) is 0 Å². The number of aromatic nitrogens is 4. The van der Waals surface area contributed by atoms with Crippen LogP contribution in [0.1, 0.15) is 43.8 Å². The minimum atomic E-state index is 0.341. The molecule has 0 aliphatic heterocycles. The van der Waals surface area contributed by atoms with Crippen molar-refractivity contribution >= 4 is 0 Å². The molecule has 0 amide bonds. The fourth-order valence-corrected chi connectivity index (χ4v) is 3.22. The van der Waals surface area contributed by atoms with E-state index < -0.39 is 0 Å². The van der Waals surface area contributed by atoms with Gasteiger partial charge in [0.25, 0.3) is 0 Å². The average Bonchev–Trinajstić information content (AvgIpc) is 3.04. The standard InChI is InChI=1S/C14H20N4/c1-2-4-14(5-3-1,10-12-15-6-7-16-12)11-13-17-8-9-18-13/h6-9H,1-5,10-11H2,(H,15,16)(H,17,18). The van der Waals surface area contributed by atoms with Crippen molar-refractivity contribution in [1.82, 2.24) is 19.9 Å². The molecule has 2 N–H and O–H groups in total. The Labute approximate surface area is 107 Å². The summed E-state index contributed by atoms with van der Waals surface area (Å²) in [5.74, 6) is 2.23. The van der Waals surface area contributed by atoms with E-state index in [9.17, 15) is 0 Å². The van der Waals surface area contributed by atoms with Gasteiger partial charge in [-0.3, -0.25) is 0 Å². The molecule has 96 valence electrons. The number of rotatable bonds is 4. The first-order valence-electron chi connectivity index (χ1n) is 6.83. The van der Waals surface area contributed by atoms with Crippen LogP contribution in [0.3, 0.4) is 0 Å². The maximum absolute atomic E-state index is 4.40. The first-order valence-corrected chi connectivity index (χ1v) is 6.83. The highest BCUT2D eigenvalue weighted by Gasteiger charge is 2.33. The van der Waals surface area contributed by atoms with Crippen LogP contribution in [-0.2, 0) is 12.8 Å². The Morgan fingerprint density at radius 1 is 0.889 bits per heavy atom. The van der Waals surface area contributed by atoms with Gasteiger partial charge in [0.15, 0.2) is 0 Å². The molecule has 1 aliphatic rings. The summed E-state index contributed by atoms with van der Waals surface area (Å²) in [4.78, 5) is 15.3. The molecule has 2 heterocycles. The molecule has 2 aromatic heterocycles. The Balaban J connectivity index is 1.79. The van der Waals surface area contributed by atoms with E-state index >= 15 is 0 Å². The highest BCUT2D eigenvalue weighted by atomic mass is 14.9. The second kappa shape index (κ2) is 4.96. The van der Waals surface area contributed by atoms with Crippen molar-refractivity contribution < 1.29 is 0 Å². The minimum Gasteiger partial charge on any atom is -0.349 e. The third-order valence-corrected chi connectivity index (χ3v) is 4.11. The first-order chi connectivity index (χ1) is 8.86. The third kappa shape index (κ3) is 2.47. The lowest BCUT2D eigenvalue weighted by molar-refractivity contribution is 0.179. The first kappa shape index (κ1) is 11.5. The number of nitrogens with zero attached hydrogens (tertiary/aromatic N) is 2. The summed E-state index contributed by atoms with van der Waals surface area (Å²) in [6, 6.07) is 0. The quantitative estimate of drug-likeness (QED) is 0.868. The zero-order chi connectivity index (χ0) is 12.3. The summed E-state index contributed by atoms with van der Waals surface area (Å²) in [6.07, 6.45) is 16.2. The fourth-order valence-electron chi connectivity index (χ4n) is 3.22. The van der Waals surface area contributed by atoms with Gasteiger partial charge in [-0.1, -0.05) is 19.3 Å². The highest BCUT2D eigenvalue weighted by Crippen LogP contribution is 2.40. The van der Waals surface area contributed by atoms with E-state index in [4.69, 9.17) is 0 Å². The molecule has 4 heteroatoms. The molecule has 3 rings (SSSR count). The Bertz CT molecular complexity index is 414. The van der Waals surface area contributed by atoms with E-state index in [1.807, 2.05) is 24.8 Å². The van der Waals surface area contributed by atoms with Crippen molar-refractivity contribution in [2.24, 2.45) is 5.41 Å². The third-order valence-electron chi connectivity index (χ3n) is 4.11. The summed E-state index contributed by atoms with van der Waals surface area (Å²) in [5, 5.41) is 0. The van der Waals surface area contributed by atoms with Gasteiger partial charge in [0.1, 0.15) is 11.6 Å². The van der Waals surface area contributed by atoms with Crippen LogP contribution >= 0.6 is 0 Å². The van der Waals surface area contributed by atoms with Gasteiger partial charge in [0.2, 0.25) is 0 Å². The molecule has 0 unspecified atom stereocenters. The fraction of sp³-hybridized carbons (Fsp3) is 0.571. The van der Waals surface area contributed by atoms with Crippen molar-refractivity contribution in [3.63, 3.8) is 0 Å². The summed E-state index contributed by atoms with van der Waals surface area (Å²) in [5.41, 5.74) is 0.341. The number of hydrogen-bond acceptors (Lipinski definition) is 2. The Hall–Kier alpha value is -1.58. The lowest BCUT2D eigenvalue weighted by Crippen LogP contribution is -2.30. The Morgan fingerprint density at radius 3 is 1.89 bits per heavy atom. The molecule has 0 aromatic carbocycles. The second-order valence-electron chi connectivity index (χ2n) is 5.49. The lowest BCUT2D eigenvalue weighted by atomic mass is 9.69. The average molecular weight is 244 g/mol. The minimum absolute atomic E-state index is 0.341. The maximum atomic E-state index is 4.40. The number of aromatic amines is 2. The zero-order valence-electron chi connectivity index (χ0n) is 10.7. The Morgan fingerprint density at radius 2 is 1.44 bits per heavy atom. The molecule has 0 saturated heterocycles. The van der Waals surface area contributed by atoms with Crippen molar-refractivity contribution in [3.05, 3.63) is 36.4 Å². The molecule has 0 atom stereocenters. The summed E-state index contributed by atoms with van der Waals surface area (Å²) >= 11 is 0. The summed E-state index contributed by atoms with van der Waals surface area (Å²) < 4.78 is 0. The molecule has 4 nitrogen and oxygen atoms in total. The zero-order valence-corrected chi connectivity index (χ0v) is 10.7. The van der Waals surface area contributed by atoms with Gasteiger partial charge in [-0.2, -0.15) is 0 Å². The predicted molar refractivity (Wildman–Crippen MR) is 70.1 cm³/mol. The molecular weight excluding hydrogens is 224 g/mol.